The lowest BCUT2D eigenvalue weighted by Gasteiger charge is -2.19. The van der Waals surface area contributed by atoms with Gasteiger partial charge in [0.15, 0.2) is 0 Å². The number of amides is 1. The Kier molecular flexibility index (Phi) is 4.11. The van der Waals surface area contributed by atoms with Crippen molar-refractivity contribution in [2.45, 2.75) is 12.6 Å². The second kappa shape index (κ2) is 5.32. The predicted octanol–water partition coefficient (Wildman–Crippen LogP) is 4.11. The first kappa shape index (κ1) is 14.7. The van der Waals surface area contributed by atoms with Crippen molar-refractivity contribution in [2.75, 3.05) is 16.8 Å². The molecule has 1 fully saturated rings. The number of alkyl halides is 4. The molecule has 1 aliphatic rings. The fraction of sp³-hybridized carbons (Fsp3) is 0.417. The first-order valence-corrected chi connectivity index (χ1v) is 7.06. The van der Waals surface area contributed by atoms with E-state index in [1.165, 1.54) is 11.0 Å². The molecule has 1 amide bonds. The molecule has 1 aromatic carbocycles. The molecule has 1 aliphatic heterocycles. The first-order valence-electron chi connectivity index (χ1n) is 5.56. The van der Waals surface area contributed by atoms with Crippen LogP contribution in [0.4, 0.5) is 18.9 Å². The normalized spacial score (nSPS) is 20.2. The molecule has 1 heterocycles. The third-order valence-corrected chi connectivity index (χ3v) is 4.21. The molecule has 7 heteroatoms. The van der Waals surface area contributed by atoms with E-state index in [4.69, 9.17) is 11.6 Å². The fourth-order valence-corrected chi connectivity index (χ4v) is 2.74. The second-order valence-corrected chi connectivity index (χ2v) is 5.45. The van der Waals surface area contributed by atoms with Gasteiger partial charge in [-0.2, -0.15) is 13.2 Å². The van der Waals surface area contributed by atoms with E-state index in [1.807, 2.05) is 0 Å². The van der Waals surface area contributed by atoms with Crippen LogP contribution in [0.5, 0.6) is 0 Å². The lowest BCUT2D eigenvalue weighted by atomic mass is 10.1. The zero-order valence-electron chi connectivity index (χ0n) is 9.68. The Labute approximate surface area is 121 Å². The van der Waals surface area contributed by atoms with Crippen molar-refractivity contribution in [3.63, 3.8) is 0 Å². The van der Waals surface area contributed by atoms with Crippen LogP contribution in [0.25, 0.3) is 0 Å². The van der Waals surface area contributed by atoms with Crippen molar-refractivity contribution in [1.29, 1.82) is 0 Å². The molecule has 0 aliphatic carbocycles. The van der Waals surface area contributed by atoms with Gasteiger partial charge in [-0.1, -0.05) is 27.5 Å². The average molecular weight is 357 g/mol. The largest absolute Gasteiger partial charge is 0.416 e. The van der Waals surface area contributed by atoms with Gasteiger partial charge in [0.2, 0.25) is 5.91 Å². The summed E-state index contributed by atoms with van der Waals surface area (Å²) < 4.78 is 37.6. The van der Waals surface area contributed by atoms with Crippen LogP contribution in [0.1, 0.15) is 12.0 Å². The molecule has 1 atom stereocenters. The summed E-state index contributed by atoms with van der Waals surface area (Å²) in [6.45, 7) is 0.467. The van der Waals surface area contributed by atoms with Crippen LogP contribution in [0.2, 0.25) is 5.02 Å². The number of rotatable bonds is 2. The number of halogens is 5. The van der Waals surface area contributed by atoms with E-state index >= 15 is 0 Å². The molecule has 0 aromatic heterocycles. The maximum absolute atomic E-state index is 12.5. The Bertz CT molecular complexity index is 506. The molecule has 0 spiro atoms. The van der Waals surface area contributed by atoms with Crippen molar-refractivity contribution in [1.82, 2.24) is 0 Å². The number of anilines is 1. The van der Waals surface area contributed by atoms with Crippen LogP contribution >= 0.6 is 27.5 Å². The molecule has 104 valence electrons. The number of carbonyl (C=O) groups excluding carboxylic acids is 1. The van der Waals surface area contributed by atoms with Crippen molar-refractivity contribution < 1.29 is 18.0 Å². The monoisotopic (exact) mass is 355 g/mol. The number of carbonyl (C=O) groups is 1. The van der Waals surface area contributed by atoms with Gasteiger partial charge < -0.3 is 4.90 Å². The standard InChI is InChI=1S/C12H10BrClF3NO/c13-5-7-3-11(19)18(6-7)10-2-1-8(4-9(10)14)12(15,16)17/h1-2,4,7H,3,5-6H2. The fourth-order valence-electron chi connectivity index (χ4n) is 2.02. The Morgan fingerprint density at radius 2 is 2.11 bits per heavy atom. The lowest BCUT2D eigenvalue weighted by molar-refractivity contribution is -0.137. The highest BCUT2D eigenvalue weighted by Crippen LogP contribution is 2.37. The molecule has 0 bridgehead atoms. The van der Waals surface area contributed by atoms with Gasteiger partial charge >= 0.3 is 6.18 Å². The highest BCUT2D eigenvalue weighted by Gasteiger charge is 2.34. The third-order valence-electron chi connectivity index (χ3n) is 2.99. The van der Waals surface area contributed by atoms with Crippen LogP contribution in [0.15, 0.2) is 18.2 Å². The van der Waals surface area contributed by atoms with Gasteiger partial charge in [-0.25, -0.2) is 0 Å². The Hall–Kier alpha value is -0.750. The summed E-state index contributed by atoms with van der Waals surface area (Å²) in [6.07, 6.45) is -4.06. The highest BCUT2D eigenvalue weighted by molar-refractivity contribution is 9.09. The van der Waals surface area contributed by atoms with Gasteiger partial charge in [0.25, 0.3) is 0 Å². The number of hydrogen-bond donors (Lipinski definition) is 0. The van der Waals surface area contributed by atoms with Crippen molar-refractivity contribution >= 4 is 39.1 Å². The van der Waals surface area contributed by atoms with Crippen molar-refractivity contribution in [2.24, 2.45) is 5.92 Å². The average Bonchev–Trinajstić information content (AvgIpc) is 2.69. The minimum absolute atomic E-state index is 0.0570. The van der Waals surface area contributed by atoms with Gasteiger partial charge in [-0.15, -0.1) is 0 Å². The number of nitrogens with zero attached hydrogens (tertiary/aromatic N) is 1. The summed E-state index contributed by atoms with van der Waals surface area (Å²) in [5, 5.41) is 0.617. The van der Waals surface area contributed by atoms with E-state index in [2.05, 4.69) is 15.9 Å². The van der Waals surface area contributed by atoms with E-state index in [0.717, 1.165) is 12.1 Å². The maximum Gasteiger partial charge on any atom is 0.416 e. The van der Waals surface area contributed by atoms with E-state index in [9.17, 15) is 18.0 Å². The Balaban J connectivity index is 2.30. The topological polar surface area (TPSA) is 20.3 Å². The summed E-state index contributed by atoms with van der Waals surface area (Å²) in [5.41, 5.74) is -0.479. The molecule has 0 N–H and O–H groups in total. The van der Waals surface area contributed by atoms with Crippen LogP contribution in [0, 0.1) is 5.92 Å². The van der Waals surface area contributed by atoms with Crippen LogP contribution in [0.3, 0.4) is 0 Å². The molecule has 2 nitrogen and oxygen atoms in total. The van der Waals surface area contributed by atoms with Crippen molar-refractivity contribution in [3.8, 4) is 0 Å². The third kappa shape index (κ3) is 3.05. The Morgan fingerprint density at radius 1 is 1.42 bits per heavy atom. The summed E-state index contributed by atoms with van der Waals surface area (Å²) >= 11 is 9.17. The van der Waals surface area contributed by atoms with Crippen LogP contribution in [-0.2, 0) is 11.0 Å². The quantitative estimate of drug-likeness (QED) is 0.730. The maximum atomic E-state index is 12.5. The van der Waals surface area contributed by atoms with Gasteiger partial charge in [-0.05, 0) is 24.1 Å². The molecule has 1 aromatic rings. The zero-order chi connectivity index (χ0) is 14.2. The molecule has 0 radical (unpaired) electrons. The predicted molar refractivity (Wildman–Crippen MR) is 70.7 cm³/mol. The number of benzene rings is 1. The molecular formula is C12H10BrClF3NO. The highest BCUT2D eigenvalue weighted by atomic mass is 79.9. The summed E-state index contributed by atoms with van der Waals surface area (Å²) in [6, 6.07) is 3.04. The second-order valence-electron chi connectivity index (χ2n) is 4.39. The summed E-state index contributed by atoms with van der Waals surface area (Å²) in [7, 11) is 0. The summed E-state index contributed by atoms with van der Waals surface area (Å²) in [4.78, 5) is 13.2. The van der Waals surface area contributed by atoms with E-state index in [-0.39, 0.29) is 16.8 Å². The minimum atomic E-state index is -4.43. The molecule has 2 rings (SSSR count). The van der Waals surface area contributed by atoms with Gasteiger partial charge in [0, 0.05) is 18.3 Å². The molecule has 1 unspecified atom stereocenters. The van der Waals surface area contributed by atoms with E-state index in [0.29, 0.717) is 24.0 Å². The van der Waals surface area contributed by atoms with Crippen molar-refractivity contribution in [3.05, 3.63) is 28.8 Å². The minimum Gasteiger partial charge on any atom is -0.311 e. The zero-order valence-corrected chi connectivity index (χ0v) is 12.0. The summed E-state index contributed by atoms with van der Waals surface area (Å²) in [5.74, 6) is 0.0389. The molecular weight excluding hydrogens is 346 g/mol. The first-order chi connectivity index (χ1) is 8.82. The molecule has 1 saturated heterocycles. The van der Waals surface area contributed by atoms with Gasteiger partial charge in [-0.3, -0.25) is 4.79 Å². The Morgan fingerprint density at radius 3 is 2.58 bits per heavy atom. The molecule has 19 heavy (non-hydrogen) atoms. The van der Waals surface area contributed by atoms with Gasteiger partial charge in [0.05, 0.1) is 16.3 Å². The number of hydrogen-bond acceptors (Lipinski definition) is 1. The SMILES string of the molecule is O=C1CC(CBr)CN1c1ccc(C(F)(F)F)cc1Cl. The lowest BCUT2D eigenvalue weighted by Crippen LogP contribution is -2.25. The molecule has 0 saturated carbocycles. The smallest absolute Gasteiger partial charge is 0.311 e. The van der Waals surface area contributed by atoms with Crippen LogP contribution < -0.4 is 4.90 Å². The van der Waals surface area contributed by atoms with E-state index < -0.39 is 11.7 Å². The van der Waals surface area contributed by atoms with Crippen LogP contribution in [-0.4, -0.2) is 17.8 Å². The van der Waals surface area contributed by atoms with E-state index in [1.54, 1.807) is 0 Å². The van der Waals surface area contributed by atoms with Gasteiger partial charge in [0.1, 0.15) is 0 Å².